The highest BCUT2D eigenvalue weighted by Gasteiger charge is 2.11. The number of hydrogen-bond acceptors (Lipinski definition) is 2. The molecule has 0 saturated carbocycles. The average molecular weight is 241 g/mol. The van der Waals surface area contributed by atoms with Crippen LogP contribution in [0.4, 0.5) is 0 Å². The summed E-state index contributed by atoms with van der Waals surface area (Å²) in [4.78, 5) is 4.18. The van der Waals surface area contributed by atoms with Crippen LogP contribution in [0.3, 0.4) is 0 Å². The summed E-state index contributed by atoms with van der Waals surface area (Å²) in [7, 11) is 1.73. The summed E-state index contributed by atoms with van der Waals surface area (Å²) in [6.45, 7) is 4.33. The quantitative estimate of drug-likeness (QED) is 0.812. The molecule has 18 heavy (non-hydrogen) atoms. The first-order valence-corrected chi connectivity index (χ1v) is 6.33. The van der Waals surface area contributed by atoms with Gasteiger partial charge in [-0.25, -0.2) is 0 Å². The van der Waals surface area contributed by atoms with Crippen LogP contribution in [0.2, 0.25) is 0 Å². The van der Waals surface area contributed by atoms with Crippen LogP contribution in [0.25, 0.3) is 0 Å². The van der Waals surface area contributed by atoms with Crippen LogP contribution in [0.1, 0.15) is 36.5 Å². The van der Waals surface area contributed by atoms with Crippen molar-refractivity contribution in [3.63, 3.8) is 0 Å². The second kappa shape index (κ2) is 5.67. The van der Waals surface area contributed by atoms with Gasteiger partial charge in [0.05, 0.1) is 7.11 Å². The van der Waals surface area contributed by atoms with E-state index in [9.17, 15) is 0 Å². The van der Waals surface area contributed by atoms with Gasteiger partial charge in [0, 0.05) is 18.3 Å². The maximum absolute atomic E-state index is 5.45. The van der Waals surface area contributed by atoms with Crippen molar-refractivity contribution in [2.24, 2.45) is 0 Å². The number of aromatic nitrogens is 1. The molecule has 1 unspecified atom stereocenters. The van der Waals surface area contributed by atoms with Crippen molar-refractivity contribution in [2.75, 3.05) is 7.11 Å². The molecule has 2 rings (SSSR count). The summed E-state index contributed by atoms with van der Waals surface area (Å²) in [6, 6.07) is 10.6. The second-order valence-electron chi connectivity index (χ2n) is 4.43. The van der Waals surface area contributed by atoms with Crippen molar-refractivity contribution >= 4 is 0 Å². The fourth-order valence-electron chi connectivity index (χ4n) is 2.15. The van der Waals surface area contributed by atoms with Gasteiger partial charge in [0.15, 0.2) is 0 Å². The average Bonchev–Trinajstić information content (AvgIpc) is 2.46. The second-order valence-corrected chi connectivity index (χ2v) is 4.43. The zero-order chi connectivity index (χ0) is 13.0. The first-order chi connectivity index (χ1) is 8.76. The van der Waals surface area contributed by atoms with E-state index in [1.165, 1.54) is 16.7 Å². The Morgan fingerprint density at radius 2 is 2.06 bits per heavy atom. The Hall–Kier alpha value is -1.83. The highest BCUT2D eigenvalue weighted by Crippen LogP contribution is 2.28. The molecule has 0 aliphatic heterocycles. The zero-order valence-corrected chi connectivity index (χ0v) is 11.2. The molecule has 94 valence electrons. The summed E-state index contributed by atoms with van der Waals surface area (Å²) >= 11 is 0. The van der Waals surface area contributed by atoms with E-state index >= 15 is 0 Å². The topological polar surface area (TPSA) is 22.1 Å². The van der Waals surface area contributed by atoms with Crippen LogP contribution in [-0.4, -0.2) is 12.1 Å². The molecule has 0 amide bonds. The molecule has 0 N–H and O–H groups in total. The summed E-state index contributed by atoms with van der Waals surface area (Å²) < 4.78 is 5.45. The van der Waals surface area contributed by atoms with Crippen molar-refractivity contribution in [1.82, 2.24) is 4.98 Å². The van der Waals surface area contributed by atoms with E-state index in [2.05, 4.69) is 43.1 Å². The fourth-order valence-corrected chi connectivity index (χ4v) is 2.15. The first kappa shape index (κ1) is 12.6. The largest absolute Gasteiger partial charge is 0.496 e. The molecule has 0 fully saturated rings. The number of aryl methyl sites for hydroxylation is 1. The Morgan fingerprint density at radius 3 is 2.67 bits per heavy atom. The zero-order valence-electron chi connectivity index (χ0n) is 11.2. The smallest absolute Gasteiger partial charge is 0.122 e. The lowest BCUT2D eigenvalue weighted by Gasteiger charge is -2.15. The van der Waals surface area contributed by atoms with Gasteiger partial charge < -0.3 is 4.74 Å². The van der Waals surface area contributed by atoms with Gasteiger partial charge in [0.25, 0.3) is 0 Å². The first-order valence-electron chi connectivity index (χ1n) is 6.33. The molecule has 0 aliphatic carbocycles. The van der Waals surface area contributed by atoms with Crippen LogP contribution in [-0.2, 0) is 6.42 Å². The van der Waals surface area contributed by atoms with Crippen molar-refractivity contribution < 1.29 is 4.74 Å². The number of nitrogens with zero attached hydrogens (tertiary/aromatic N) is 1. The van der Waals surface area contributed by atoms with Gasteiger partial charge in [-0.05, 0) is 35.2 Å². The van der Waals surface area contributed by atoms with Crippen molar-refractivity contribution in [3.8, 4) is 5.75 Å². The van der Waals surface area contributed by atoms with Crippen LogP contribution in [0, 0.1) is 0 Å². The molecule has 0 spiro atoms. The molecule has 0 aliphatic rings. The Balaban J connectivity index is 2.34. The standard InChI is InChI=1S/C16H19NO/c1-4-13-7-8-14(10-16(13)18-3)12(2)15-6-5-9-17-11-15/h5-12H,4H2,1-3H3. The SMILES string of the molecule is CCc1ccc(C(C)c2cccnc2)cc1OC. The molecule has 2 nitrogen and oxygen atoms in total. The number of benzene rings is 1. The number of pyridine rings is 1. The molecular formula is C16H19NO. The third-order valence-electron chi connectivity index (χ3n) is 3.38. The minimum atomic E-state index is 0.332. The molecule has 0 saturated heterocycles. The van der Waals surface area contributed by atoms with Crippen molar-refractivity contribution in [2.45, 2.75) is 26.2 Å². The number of rotatable bonds is 4. The molecule has 2 aromatic rings. The Morgan fingerprint density at radius 1 is 1.22 bits per heavy atom. The molecular weight excluding hydrogens is 222 g/mol. The minimum absolute atomic E-state index is 0.332. The van der Waals surface area contributed by atoms with E-state index in [-0.39, 0.29) is 0 Å². The van der Waals surface area contributed by atoms with Gasteiger partial charge in [-0.15, -0.1) is 0 Å². The highest BCUT2D eigenvalue weighted by molar-refractivity contribution is 5.41. The number of ether oxygens (including phenoxy) is 1. The molecule has 0 radical (unpaired) electrons. The number of methoxy groups -OCH3 is 1. The number of hydrogen-bond donors (Lipinski definition) is 0. The van der Waals surface area contributed by atoms with Crippen LogP contribution >= 0.6 is 0 Å². The Labute approximate surface area is 109 Å². The van der Waals surface area contributed by atoms with E-state index in [0.717, 1.165) is 12.2 Å². The summed E-state index contributed by atoms with van der Waals surface area (Å²) in [5.41, 5.74) is 3.74. The Kier molecular flexibility index (Phi) is 3.98. The molecule has 2 heteroatoms. The third-order valence-corrected chi connectivity index (χ3v) is 3.38. The van der Waals surface area contributed by atoms with Gasteiger partial charge in [-0.2, -0.15) is 0 Å². The van der Waals surface area contributed by atoms with Crippen LogP contribution in [0.5, 0.6) is 5.75 Å². The summed E-state index contributed by atoms with van der Waals surface area (Å²) in [5.74, 6) is 1.31. The highest BCUT2D eigenvalue weighted by atomic mass is 16.5. The van der Waals surface area contributed by atoms with E-state index in [4.69, 9.17) is 4.74 Å². The lowest BCUT2D eigenvalue weighted by atomic mass is 9.93. The van der Waals surface area contributed by atoms with E-state index in [1.807, 2.05) is 12.3 Å². The van der Waals surface area contributed by atoms with E-state index < -0.39 is 0 Å². The van der Waals surface area contributed by atoms with Gasteiger partial charge in [-0.3, -0.25) is 4.98 Å². The van der Waals surface area contributed by atoms with Gasteiger partial charge in [0.1, 0.15) is 5.75 Å². The predicted octanol–water partition coefficient (Wildman–Crippen LogP) is 3.80. The van der Waals surface area contributed by atoms with Gasteiger partial charge in [-0.1, -0.05) is 32.0 Å². The maximum atomic E-state index is 5.45. The molecule has 1 heterocycles. The maximum Gasteiger partial charge on any atom is 0.122 e. The third kappa shape index (κ3) is 2.53. The van der Waals surface area contributed by atoms with Crippen molar-refractivity contribution in [1.29, 1.82) is 0 Å². The molecule has 1 aromatic carbocycles. The summed E-state index contributed by atoms with van der Waals surface area (Å²) in [6.07, 6.45) is 4.71. The monoisotopic (exact) mass is 241 g/mol. The Bertz CT molecular complexity index is 508. The fraction of sp³-hybridized carbons (Fsp3) is 0.312. The van der Waals surface area contributed by atoms with Gasteiger partial charge >= 0.3 is 0 Å². The normalized spacial score (nSPS) is 12.2. The summed E-state index contributed by atoms with van der Waals surface area (Å²) in [5, 5.41) is 0. The lowest BCUT2D eigenvalue weighted by Crippen LogP contribution is -1.99. The predicted molar refractivity (Wildman–Crippen MR) is 74.1 cm³/mol. The van der Waals surface area contributed by atoms with Crippen LogP contribution in [0.15, 0.2) is 42.7 Å². The molecule has 1 aromatic heterocycles. The van der Waals surface area contributed by atoms with Crippen molar-refractivity contribution in [3.05, 3.63) is 59.4 Å². The minimum Gasteiger partial charge on any atom is -0.496 e. The molecule has 1 atom stereocenters. The van der Waals surface area contributed by atoms with E-state index in [1.54, 1.807) is 13.3 Å². The van der Waals surface area contributed by atoms with E-state index in [0.29, 0.717) is 5.92 Å². The molecule has 0 bridgehead atoms. The lowest BCUT2D eigenvalue weighted by molar-refractivity contribution is 0.409. The van der Waals surface area contributed by atoms with Gasteiger partial charge in [0.2, 0.25) is 0 Å². The van der Waals surface area contributed by atoms with Crippen LogP contribution < -0.4 is 4.74 Å².